The van der Waals surface area contributed by atoms with Crippen molar-refractivity contribution >= 4 is 23.3 Å². The fourth-order valence-electron chi connectivity index (χ4n) is 1.80. The summed E-state index contributed by atoms with van der Waals surface area (Å²) in [6.07, 6.45) is 0.372. The van der Waals surface area contributed by atoms with Gasteiger partial charge in [0.1, 0.15) is 0 Å². The van der Waals surface area contributed by atoms with Crippen LogP contribution in [-0.2, 0) is 4.79 Å². The van der Waals surface area contributed by atoms with Crippen molar-refractivity contribution in [3.05, 3.63) is 23.8 Å². The molecule has 0 aliphatic carbocycles. The van der Waals surface area contributed by atoms with Gasteiger partial charge in [-0.1, -0.05) is 6.07 Å². The first-order valence-electron chi connectivity index (χ1n) is 5.23. The minimum absolute atomic E-state index is 0.0181. The van der Waals surface area contributed by atoms with Gasteiger partial charge in [0.15, 0.2) is 0 Å². The maximum atomic E-state index is 11.0. The number of anilines is 2. The molecule has 1 aromatic carbocycles. The summed E-state index contributed by atoms with van der Waals surface area (Å²) in [6, 6.07) is 4.71. The first-order chi connectivity index (χ1) is 8.08. The van der Waals surface area contributed by atoms with Crippen LogP contribution in [0.1, 0.15) is 16.8 Å². The van der Waals surface area contributed by atoms with Crippen molar-refractivity contribution in [2.24, 2.45) is 0 Å². The number of carbonyl (C=O) groups is 2. The number of nitrogens with two attached hydrogens (primary N) is 1. The summed E-state index contributed by atoms with van der Waals surface area (Å²) >= 11 is 0. The fraction of sp³-hybridized carbons (Fsp3) is 0.273. The molecular formula is C11H13N3O3. The molecule has 1 aliphatic heterocycles. The van der Waals surface area contributed by atoms with Gasteiger partial charge in [-0.15, -0.1) is 0 Å². The zero-order valence-electron chi connectivity index (χ0n) is 9.06. The second-order valence-corrected chi connectivity index (χ2v) is 3.92. The minimum atomic E-state index is -1.06. The van der Waals surface area contributed by atoms with Crippen molar-refractivity contribution in [2.45, 2.75) is 12.5 Å². The Morgan fingerprint density at radius 2 is 2.29 bits per heavy atom. The number of hydrogen-bond acceptors (Lipinski definition) is 4. The minimum Gasteiger partial charge on any atom is -0.478 e. The van der Waals surface area contributed by atoms with Gasteiger partial charge in [-0.2, -0.15) is 0 Å². The molecule has 1 aromatic rings. The van der Waals surface area contributed by atoms with E-state index in [0.717, 1.165) is 0 Å². The number of hydrogen-bond donors (Lipinski definition) is 4. The number of carboxylic acids is 1. The third kappa shape index (κ3) is 2.30. The van der Waals surface area contributed by atoms with E-state index in [2.05, 4.69) is 10.6 Å². The molecule has 1 aliphatic rings. The predicted molar refractivity (Wildman–Crippen MR) is 62.9 cm³/mol. The van der Waals surface area contributed by atoms with Crippen LogP contribution < -0.4 is 16.4 Å². The summed E-state index contributed by atoms with van der Waals surface area (Å²) in [5.74, 6) is -1.08. The highest BCUT2D eigenvalue weighted by molar-refractivity contribution is 5.97. The highest BCUT2D eigenvalue weighted by atomic mass is 16.4. The Bertz CT molecular complexity index is 473. The van der Waals surface area contributed by atoms with Gasteiger partial charge in [-0.25, -0.2) is 4.79 Å². The number of amides is 1. The standard InChI is InChI=1S/C11H13N3O3/c12-10-7(11(16)17)2-1-3-8(10)14-6-4-9(15)13-5-6/h1-3,6,14H,4-5,12H2,(H,13,15)(H,16,17). The summed E-state index contributed by atoms with van der Waals surface area (Å²) in [5.41, 5.74) is 6.55. The largest absolute Gasteiger partial charge is 0.478 e. The normalized spacial score (nSPS) is 18.8. The lowest BCUT2D eigenvalue weighted by Crippen LogP contribution is -2.23. The maximum Gasteiger partial charge on any atom is 0.337 e. The van der Waals surface area contributed by atoms with Gasteiger partial charge in [0.2, 0.25) is 5.91 Å². The summed E-state index contributed by atoms with van der Waals surface area (Å²) < 4.78 is 0. The number of para-hydroxylation sites is 1. The second kappa shape index (κ2) is 4.32. The van der Waals surface area contributed by atoms with Crippen molar-refractivity contribution in [1.82, 2.24) is 5.32 Å². The number of rotatable bonds is 3. The molecule has 1 atom stereocenters. The van der Waals surface area contributed by atoms with Gasteiger partial charge in [0.05, 0.1) is 23.0 Å². The van der Waals surface area contributed by atoms with Crippen molar-refractivity contribution < 1.29 is 14.7 Å². The van der Waals surface area contributed by atoms with E-state index in [1.807, 2.05) is 0 Å². The highest BCUT2D eigenvalue weighted by Crippen LogP contribution is 2.24. The predicted octanol–water partition coefficient (Wildman–Crippen LogP) is 0.267. The zero-order chi connectivity index (χ0) is 12.4. The van der Waals surface area contributed by atoms with E-state index in [1.54, 1.807) is 12.1 Å². The smallest absolute Gasteiger partial charge is 0.337 e. The molecule has 1 unspecified atom stereocenters. The molecular weight excluding hydrogens is 222 g/mol. The summed E-state index contributed by atoms with van der Waals surface area (Å²) in [7, 11) is 0. The first-order valence-corrected chi connectivity index (χ1v) is 5.23. The van der Waals surface area contributed by atoms with Crippen molar-refractivity contribution in [3.63, 3.8) is 0 Å². The lowest BCUT2D eigenvalue weighted by molar-refractivity contribution is -0.119. The molecule has 0 bridgehead atoms. The Labute approximate surface area is 97.8 Å². The van der Waals surface area contributed by atoms with Crippen LogP contribution in [0.5, 0.6) is 0 Å². The molecule has 2 rings (SSSR count). The summed E-state index contributed by atoms with van der Waals surface area (Å²) in [6.45, 7) is 0.523. The average molecular weight is 235 g/mol. The first kappa shape index (κ1) is 11.3. The van der Waals surface area contributed by atoms with Crippen LogP contribution in [0, 0.1) is 0 Å². The maximum absolute atomic E-state index is 11.0. The van der Waals surface area contributed by atoms with Gasteiger partial charge in [-0.3, -0.25) is 4.79 Å². The molecule has 1 amide bonds. The molecule has 5 N–H and O–H groups in total. The number of nitrogen functional groups attached to an aromatic ring is 1. The van der Waals surface area contributed by atoms with Gasteiger partial charge in [0, 0.05) is 13.0 Å². The van der Waals surface area contributed by atoms with E-state index in [4.69, 9.17) is 10.8 Å². The molecule has 6 nitrogen and oxygen atoms in total. The van der Waals surface area contributed by atoms with Crippen molar-refractivity contribution in [1.29, 1.82) is 0 Å². The molecule has 17 heavy (non-hydrogen) atoms. The molecule has 6 heteroatoms. The third-order valence-corrected chi connectivity index (χ3v) is 2.67. The van der Waals surface area contributed by atoms with E-state index in [1.165, 1.54) is 6.07 Å². The zero-order valence-corrected chi connectivity index (χ0v) is 9.06. The van der Waals surface area contributed by atoms with Crippen LogP contribution in [0.25, 0.3) is 0 Å². The van der Waals surface area contributed by atoms with Gasteiger partial charge >= 0.3 is 5.97 Å². The Morgan fingerprint density at radius 1 is 1.53 bits per heavy atom. The molecule has 0 aromatic heterocycles. The summed E-state index contributed by atoms with van der Waals surface area (Å²) in [4.78, 5) is 21.9. The van der Waals surface area contributed by atoms with Gasteiger partial charge in [0.25, 0.3) is 0 Å². The average Bonchev–Trinajstić information content (AvgIpc) is 2.67. The Morgan fingerprint density at radius 3 is 2.88 bits per heavy atom. The number of carbonyl (C=O) groups excluding carboxylic acids is 1. The van der Waals surface area contributed by atoms with Gasteiger partial charge < -0.3 is 21.5 Å². The molecule has 1 saturated heterocycles. The summed E-state index contributed by atoms with van der Waals surface area (Å²) in [5, 5.41) is 14.7. The monoisotopic (exact) mass is 235 g/mol. The Balaban J connectivity index is 2.18. The molecule has 0 spiro atoms. The van der Waals surface area contributed by atoms with Crippen LogP contribution >= 0.6 is 0 Å². The molecule has 1 fully saturated rings. The second-order valence-electron chi connectivity index (χ2n) is 3.92. The molecule has 0 radical (unpaired) electrons. The highest BCUT2D eigenvalue weighted by Gasteiger charge is 2.22. The number of carboxylic acid groups (broad SMARTS) is 1. The molecule has 0 saturated carbocycles. The van der Waals surface area contributed by atoms with E-state index < -0.39 is 5.97 Å². The van der Waals surface area contributed by atoms with E-state index in [9.17, 15) is 9.59 Å². The van der Waals surface area contributed by atoms with Crippen LogP contribution in [-0.4, -0.2) is 29.6 Å². The fourth-order valence-corrected chi connectivity index (χ4v) is 1.80. The number of benzene rings is 1. The quantitative estimate of drug-likeness (QED) is 0.563. The van der Waals surface area contributed by atoms with Crippen molar-refractivity contribution in [3.8, 4) is 0 Å². The molecule has 90 valence electrons. The van der Waals surface area contributed by atoms with E-state index >= 15 is 0 Å². The van der Waals surface area contributed by atoms with E-state index in [-0.39, 0.29) is 23.2 Å². The van der Waals surface area contributed by atoms with Crippen LogP contribution in [0.2, 0.25) is 0 Å². The topological polar surface area (TPSA) is 104 Å². The van der Waals surface area contributed by atoms with Crippen LogP contribution in [0.15, 0.2) is 18.2 Å². The lowest BCUT2D eigenvalue weighted by atomic mass is 10.1. The van der Waals surface area contributed by atoms with E-state index in [0.29, 0.717) is 18.7 Å². The number of nitrogens with one attached hydrogen (secondary N) is 2. The van der Waals surface area contributed by atoms with Crippen molar-refractivity contribution in [2.75, 3.05) is 17.6 Å². The Hall–Kier alpha value is -2.24. The lowest BCUT2D eigenvalue weighted by Gasteiger charge is -2.15. The van der Waals surface area contributed by atoms with Crippen LogP contribution in [0.3, 0.4) is 0 Å². The van der Waals surface area contributed by atoms with Gasteiger partial charge in [-0.05, 0) is 12.1 Å². The SMILES string of the molecule is Nc1c(NC2CNC(=O)C2)cccc1C(=O)O. The number of aromatic carboxylic acids is 1. The third-order valence-electron chi connectivity index (χ3n) is 2.67. The Kier molecular flexibility index (Phi) is 2.86. The molecule has 1 heterocycles. The van der Waals surface area contributed by atoms with Crippen LogP contribution in [0.4, 0.5) is 11.4 Å².